The number of rotatable bonds is 9. The molecule has 124 valence electrons. The number of hydrogen-bond donors (Lipinski definition) is 0. The van der Waals surface area contributed by atoms with Gasteiger partial charge in [0, 0.05) is 24.8 Å². The maximum Gasteiger partial charge on any atom is 0.124 e. The van der Waals surface area contributed by atoms with E-state index < -0.39 is 0 Å². The van der Waals surface area contributed by atoms with Crippen molar-refractivity contribution in [2.75, 3.05) is 18.0 Å². The number of hydrogen-bond acceptors (Lipinski definition) is 2. The number of nitrogens with zero attached hydrogens (tertiary/aromatic N) is 1. The van der Waals surface area contributed by atoms with Crippen molar-refractivity contribution in [3.63, 3.8) is 0 Å². The molecule has 0 aliphatic heterocycles. The van der Waals surface area contributed by atoms with E-state index in [0.29, 0.717) is 6.10 Å². The normalized spacial score (nSPS) is 15.2. The molecule has 0 bridgehead atoms. The first-order chi connectivity index (χ1) is 10.7. The summed E-state index contributed by atoms with van der Waals surface area (Å²) in [4.78, 5) is 2.54. The highest BCUT2D eigenvalue weighted by molar-refractivity contribution is 5.53. The standard InChI is InChI=1S/C20H33NO/c1-4-6-14-21(15-7-5-2)18-13-12-17(3)20(16-18)22-19-10-8-9-11-19/h12-13,16,19H,4-11,14-15H2,1-3H3. The van der Waals surface area contributed by atoms with Crippen LogP contribution in [-0.4, -0.2) is 19.2 Å². The Morgan fingerprint density at radius 1 is 1.05 bits per heavy atom. The number of unbranched alkanes of at least 4 members (excludes halogenated alkanes) is 2. The Labute approximate surface area is 136 Å². The minimum Gasteiger partial charge on any atom is -0.490 e. The van der Waals surface area contributed by atoms with Gasteiger partial charge in [-0.25, -0.2) is 0 Å². The Kier molecular flexibility index (Phi) is 7.08. The second kappa shape index (κ2) is 9.07. The van der Waals surface area contributed by atoms with Crippen LogP contribution in [0.1, 0.15) is 70.8 Å². The van der Waals surface area contributed by atoms with E-state index in [4.69, 9.17) is 4.74 Å². The smallest absolute Gasteiger partial charge is 0.124 e. The van der Waals surface area contributed by atoms with E-state index >= 15 is 0 Å². The summed E-state index contributed by atoms with van der Waals surface area (Å²) >= 11 is 0. The molecular weight excluding hydrogens is 270 g/mol. The molecule has 0 aromatic heterocycles. The predicted molar refractivity (Wildman–Crippen MR) is 96.1 cm³/mol. The van der Waals surface area contributed by atoms with Crippen molar-refractivity contribution < 1.29 is 4.74 Å². The molecule has 1 fully saturated rings. The van der Waals surface area contributed by atoms with Crippen LogP contribution in [0.15, 0.2) is 18.2 Å². The van der Waals surface area contributed by atoms with Gasteiger partial charge in [-0.3, -0.25) is 0 Å². The van der Waals surface area contributed by atoms with Crippen molar-refractivity contribution >= 4 is 5.69 Å². The number of aryl methyl sites for hydroxylation is 1. The van der Waals surface area contributed by atoms with E-state index in [1.807, 2.05) is 0 Å². The maximum absolute atomic E-state index is 6.28. The first-order valence-corrected chi connectivity index (χ1v) is 9.26. The Morgan fingerprint density at radius 3 is 2.27 bits per heavy atom. The molecule has 0 spiro atoms. The van der Waals surface area contributed by atoms with Crippen LogP contribution in [0.3, 0.4) is 0 Å². The lowest BCUT2D eigenvalue weighted by Gasteiger charge is -2.26. The van der Waals surface area contributed by atoms with Gasteiger partial charge in [0.15, 0.2) is 0 Å². The molecule has 0 saturated heterocycles. The molecule has 1 saturated carbocycles. The monoisotopic (exact) mass is 303 g/mol. The number of benzene rings is 1. The van der Waals surface area contributed by atoms with Gasteiger partial charge in [0.05, 0.1) is 6.10 Å². The summed E-state index contributed by atoms with van der Waals surface area (Å²) in [6.45, 7) is 9.00. The average molecular weight is 303 g/mol. The van der Waals surface area contributed by atoms with Gasteiger partial charge in [-0.2, -0.15) is 0 Å². The van der Waals surface area contributed by atoms with E-state index in [-0.39, 0.29) is 0 Å². The lowest BCUT2D eigenvalue weighted by molar-refractivity contribution is 0.208. The van der Waals surface area contributed by atoms with Crippen LogP contribution in [0.25, 0.3) is 0 Å². The third kappa shape index (κ3) is 4.93. The van der Waals surface area contributed by atoms with Crippen molar-refractivity contribution in [1.82, 2.24) is 0 Å². The third-order valence-corrected chi connectivity index (χ3v) is 4.70. The predicted octanol–water partition coefficient (Wildman–Crippen LogP) is 5.72. The minimum atomic E-state index is 0.439. The average Bonchev–Trinajstić information content (AvgIpc) is 3.03. The highest BCUT2D eigenvalue weighted by atomic mass is 16.5. The van der Waals surface area contributed by atoms with E-state index in [1.165, 1.54) is 62.6 Å². The molecule has 1 aromatic carbocycles. The van der Waals surface area contributed by atoms with Gasteiger partial charge in [-0.1, -0.05) is 32.8 Å². The summed E-state index contributed by atoms with van der Waals surface area (Å²) in [5.41, 5.74) is 2.60. The highest BCUT2D eigenvalue weighted by Gasteiger charge is 2.18. The van der Waals surface area contributed by atoms with E-state index in [9.17, 15) is 0 Å². The van der Waals surface area contributed by atoms with Crippen molar-refractivity contribution in [3.05, 3.63) is 23.8 Å². The third-order valence-electron chi connectivity index (χ3n) is 4.70. The Hall–Kier alpha value is -1.18. The molecule has 0 unspecified atom stereocenters. The number of ether oxygens (including phenoxy) is 1. The molecule has 0 atom stereocenters. The largest absolute Gasteiger partial charge is 0.490 e. The van der Waals surface area contributed by atoms with Crippen molar-refractivity contribution in [2.45, 2.75) is 78.2 Å². The Balaban J connectivity index is 2.09. The van der Waals surface area contributed by atoms with Crippen LogP contribution < -0.4 is 9.64 Å². The van der Waals surface area contributed by atoms with Crippen molar-refractivity contribution in [2.24, 2.45) is 0 Å². The Morgan fingerprint density at radius 2 is 1.68 bits per heavy atom. The fraction of sp³-hybridized carbons (Fsp3) is 0.700. The second-order valence-corrected chi connectivity index (χ2v) is 6.67. The molecule has 2 heteroatoms. The molecular formula is C20H33NO. The van der Waals surface area contributed by atoms with Gasteiger partial charge < -0.3 is 9.64 Å². The zero-order valence-corrected chi connectivity index (χ0v) is 14.7. The topological polar surface area (TPSA) is 12.5 Å². The summed E-state index contributed by atoms with van der Waals surface area (Å²) in [6.07, 6.45) is 10.5. The molecule has 0 heterocycles. The van der Waals surface area contributed by atoms with Gasteiger partial charge in [0.1, 0.15) is 5.75 Å². The van der Waals surface area contributed by atoms with Crippen molar-refractivity contribution in [1.29, 1.82) is 0 Å². The molecule has 1 aromatic rings. The lowest BCUT2D eigenvalue weighted by atomic mass is 10.1. The highest BCUT2D eigenvalue weighted by Crippen LogP contribution is 2.30. The lowest BCUT2D eigenvalue weighted by Crippen LogP contribution is -2.25. The van der Waals surface area contributed by atoms with Gasteiger partial charge >= 0.3 is 0 Å². The van der Waals surface area contributed by atoms with Crippen LogP contribution in [0.4, 0.5) is 5.69 Å². The van der Waals surface area contributed by atoms with Crippen LogP contribution in [0, 0.1) is 6.92 Å². The molecule has 1 aliphatic carbocycles. The van der Waals surface area contributed by atoms with Gasteiger partial charge in [-0.15, -0.1) is 0 Å². The van der Waals surface area contributed by atoms with E-state index in [0.717, 1.165) is 18.8 Å². The van der Waals surface area contributed by atoms with Gasteiger partial charge in [0.25, 0.3) is 0 Å². The minimum absolute atomic E-state index is 0.439. The van der Waals surface area contributed by atoms with E-state index in [2.05, 4.69) is 43.9 Å². The van der Waals surface area contributed by atoms with Gasteiger partial charge in [-0.05, 0) is 57.1 Å². The van der Waals surface area contributed by atoms with E-state index in [1.54, 1.807) is 0 Å². The molecule has 0 radical (unpaired) electrons. The maximum atomic E-state index is 6.28. The summed E-state index contributed by atoms with van der Waals surface area (Å²) < 4.78 is 6.28. The SMILES string of the molecule is CCCCN(CCCC)c1ccc(C)c(OC2CCCC2)c1. The molecule has 0 N–H and O–H groups in total. The van der Waals surface area contributed by atoms with Crippen LogP contribution in [0.2, 0.25) is 0 Å². The number of anilines is 1. The summed E-state index contributed by atoms with van der Waals surface area (Å²) in [5.74, 6) is 1.10. The van der Waals surface area contributed by atoms with Gasteiger partial charge in [0.2, 0.25) is 0 Å². The zero-order valence-electron chi connectivity index (χ0n) is 14.7. The zero-order chi connectivity index (χ0) is 15.8. The van der Waals surface area contributed by atoms with Crippen LogP contribution >= 0.6 is 0 Å². The molecule has 0 amide bonds. The van der Waals surface area contributed by atoms with Crippen LogP contribution in [0.5, 0.6) is 5.75 Å². The molecule has 22 heavy (non-hydrogen) atoms. The first kappa shape index (κ1) is 17.2. The Bertz CT molecular complexity index is 429. The molecule has 1 aliphatic rings. The summed E-state index contributed by atoms with van der Waals surface area (Å²) in [6, 6.07) is 6.77. The second-order valence-electron chi connectivity index (χ2n) is 6.67. The molecule has 2 nitrogen and oxygen atoms in total. The quantitative estimate of drug-likeness (QED) is 0.578. The summed E-state index contributed by atoms with van der Waals surface area (Å²) in [5, 5.41) is 0. The molecule has 2 rings (SSSR count). The fourth-order valence-corrected chi connectivity index (χ4v) is 3.17. The van der Waals surface area contributed by atoms with Crippen molar-refractivity contribution in [3.8, 4) is 5.75 Å². The summed E-state index contributed by atoms with van der Waals surface area (Å²) in [7, 11) is 0. The van der Waals surface area contributed by atoms with Crippen LogP contribution in [-0.2, 0) is 0 Å². The fourth-order valence-electron chi connectivity index (χ4n) is 3.17. The first-order valence-electron chi connectivity index (χ1n) is 9.26.